The van der Waals surface area contributed by atoms with E-state index in [1.165, 1.54) is 0 Å². The summed E-state index contributed by atoms with van der Waals surface area (Å²) in [5.74, 6) is -0.360. The number of nitrogens with zero attached hydrogens (tertiary/aromatic N) is 3. The summed E-state index contributed by atoms with van der Waals surface area (Å²) >= 11 is 0. The van der Waals surface area contributed by atoms with Gasteiger partial charge in [0.05, 0.1) is 5.92 Å². The van der Waals surface area contributed by atoms with Crippen molar-refractivity contribution in [3.8, 4) is 6.07 Å². The van der Waals surface area contributed by atoms with Crippen molar-refractivity contribution in [3.63, 3.8) is 0 Å². The number of pyridine rings is 1. The maximum atomic E-state index is 11.0. The van der Waals surface area contributed by atoms with E-state index < -0.39 is 5.97 Å². The molecule has 108 valence electrons. The summed E-state index contributed by atoms with van der Waals surface area (Å²) in [5.41, 5.74) is 1.22. The van der Waals surface area contributed by atoms with Crippen molar-refractivity contribution in [3.05, 3.63) is 30.1 Å². The van der Waals surface area contributed by atoms with Crippen LogP contribution in [0.3, 0.4) is 0 Å². The monoisotopic (exact) mass is 284 g/mol. The lowest BCUT2D eigenvalue weighted by Crippen LogP contribution is -2.29. The molecular weight excluding hydrogens is 268 g/mol. The number of carboxylic acids is 1. The lowest BCUT2D eigenvalue weighted by atomic mass is 9.86. The van der Waals surface area contributed by atoms with Crippen LogP contribution in [-0.2, 0) is 4.79 Å². The SMILES string of the molecule is N#Cc1c(NC2CCC(C(=O)O)CC2)nc2ccccn12. The third-order valence-electron chi connectivity index (χ3n) is 4.05. The summed E-state index contributed by atoms with van der Waals surface area (Å²) in [6, 6.07) is 7.95. The number of carboxylic acid groups (broad SMARTS) is 1. The molecule has 0 spiro atoms. The number of aliphatic carboxylic acids is 1. The molecule has 0 atom stereocenters. The number of nitriles is 1. The molecule has 2 heterocycles. The number of hydrogen-bond acceptors (Lipinski definition) is 4. The second kappa shape index (κ2) is 5.44. The van der Waals surface area contributed by atoms with Gasteiger partial charge in [-0.3, -0.25) is 9.20 Å². The van der Waals surface area contributed by atoms with Crippen LogP contribution < -0.4 is 5.32 Å². The van der Waals surface area contributed by atoms with Gasteiger partial charge in [-0.2, -0.15) is 5.26 Å². The van der Waals surface area contributed by atoms with Gasteiger partial charge in [0.25, 0.3) is 0 Å². The summed E-state index contributed by atoms with van der Waals surface area (Å²) in [7, 11) is 0. The van der Waals surface area contributed by atoms with Crippen LogP contribution in [0.15, 0.2) is 24.4 Å². The molecule has 2 aromatic heterocycles. The summed E-state index contributed by atoms with van der Waals surface area (Å²) in [5, 5.41) is 21.6. The van der Waals surface area contributed by atoms with Crippen LogP contribution in [-0.4, -0.2) is 26.5 Å². The first-order chi connectivity index (χ1) is 10.2. The Hall–Kier alpha value is -2.55. The lowest BCUT2D eigenvalue weighted by Gasteiger charge is -2.26. The van der Waals surface area contributed by atoms with Crippen LogP contribution in [0.25, 0.3) is 5.65 Å². The van der Waals surface area contributed by atoms with Crippen molar-refractivity contribution in [1.29, 1.82) is 5.26 Å². The smallest absolute Gasteiger partial charge is 0.306 e. The Bertz CT molecular complexity index is 708. The number of carbonyl (C=O) groups is 1. The van der Waals surface area contributed by atoms with Gasteiger partial charge < -0.3 is 10.4 Å². The van der Waals surface area contributed by atoms with E-state index in [1.807, 2.05) is 24.4 Å². The van der Waals surface area contributed by atoms with Gasteiger partial charge in [-0.05, 0) is 37.8 Å². The van der Waals surface area contributed by atoms with Gasteiger partial charge in [0.1, 0.15) is 11.7 Å². The quantitative estimate of drug-likeness (QED) is 0.902. The third-order valence-corrected chi connectivity index (χ3v) is 4.05. The zero-order chi connectivity index (χ0) is 14.8. The van der Waals surface area contributed by atoms with E-state index >= 15 is 0 Å². The van der Waals surface area contributed by atoms with Gasteiger partial charge >= 0.3 is 5.97 Å². The highest BCUT2D eigenvalue weighted by Crippen LogP contribution is 2.27. The largest absolute Gasteiger partial charge is 0.481 e. The van der Waals surface area contributed by atoms with Crippen LogP contribution in [0.5, 0.6) is 0 Å². The van der Waals surface area contributed by atoms with Gasteiger partial charge in [-0.15, -0.1) is 0 Å². The molecule has 1 aliphatic carbocycles. The first-order valence-corrected chi connectivity index (χ1v) is 7.05. The Morgan fingerprint density at radius 3 is 2.81 bits per heavy atom. The van der Waals surface area contributed by atoms with Crippen LogP contribution >= 0.6 is 0 Å². The first kappa shape index (κ1) is 13.4. The van der Waals surface area contributed by atoms with E-state index in [9.17, 15) is 10.1 Å². The van der Waals surface area contributed by atoms with Crippen molar-refractivity contribution in [1.82, 2.24) is 9.38 Å². The highest BCUT2D eigenvalue weighted by Gasteiger charge is 2.26. The molecule has 1 aliphatic rings. The Balaban J connectivity index is 1.77. The minimum atomic E-state index is -0.709. The second-order valence-corrected chi connectivity index (χ2v) is 5.38. The van der Waals surface area contributed by atoms with E-state index in [4.69, 9.17) is 5.11 Å². The molecule has 6 nitrogen and oxygen atoms in total. The predicted octanol–water partition coefficient (Wildman–Crippen LogP) is 2.26. The van der Waals surface area contributed by atoms with E-state index in [0.717, 1.165) is 18.5 Å². The van der Waals surface area contributed by atoms with Crippen molar-refractivity contribution in [2.45, 2.75) is 31.7 Å². The van der Waals surface area contributed by atoms with E-state index in [1.54, 1.807) is 4.40 Å². The molecule has 1 saturated carbocycles. The molecule has 0 bridgehead atoms. The van der Waals surface area contributed by atoms with Crippen molar-refractivity contribution in [2.24, 2.45) is 5.92 Å². The predicted molar refractivity (Wildman–Crippen MR) is 76.9 cm³/mol. The summed E-state index contributed by atoms with van der Waals surface area (Å²) in [4.78, 5) is 15.4. The Kier molecular flexibility index (Phi) is 3.48. The van der Waals surface area contributed by atoms with Crippen molar-refractivity contribution >= 4 is 17.4 Å². The molecule has 0 amide bonds. The number of rotatable bonds is 3. The van der Waals surface area contributed by atoms with Gasteiger partial charge in [0.15, 0.2) is 11.5 Å². The van der Waals surface area contributed by atoms with Crippen molar-refractivity contribution < 1.29 is 9.90 Å². The molecule has 0 aromatic carbocycles. The fourth-order valence-corrected chi connectivity index (χ4v) is 2.88. The van der Waals surface area contributed by atoms with Crippen LogP contribution in [0.1, 0.15) is 31.4 Å². The molecule has 21 heavy (non-hydrogen) atoms. The molecule has 6 heteroatoms. The second-order valence-electron chi connectivity index (χ2n) is 5.38. The van der Waals surface area contributed by atoms with Gasteiger partial charge in [0.2, 0.25) is 0 Å². The summed E-state index contributed by atoms with van der Waals surface area (Å²) in [6.07, 6.45) is 4.73. The average Bonchev–Trinajstić information content (AvgIpc) is 2.84. The zero-order valence-electron chi connectivity index (χ0n) is 11.5. The maximum Gasteiger partial charge on any atom is 0.306 e. The molecular formula is C15H16N4O2. The lowest BCUT2D eigenvalue weighted by molar-refractivity contribution is -0.142. The Labute approximate surface area is 122 Å². The zero-order valence-corrected chi connectivity index (χ0v) is 11.5. The van der Waals surface area contributed by atoms with Gasteiger partial charge in [-0.1, -0.05) is 6.07 Å². The van der Waals surface area contributed by atoms with Gasteiger partial charge in [-0.25, -0.2) is 4.98 Å². The van der Waals surface area contributed by atoms with Crippen LogP contribution in [0.4, 0.5) is 5.82 Å². The Morgan fingerprint density at radius 2 is 2.14 bits per heavy atom. The highest BCUT2D eigenvalue weighted by atomic mass is 16.4. The minimum Gasteiger partial charge on any atom is -0.481 e. The number of nitrogens with one attached hydrogen (secondary N) is 1. The van der Waals surface area contributed by atoms with Crippen LogP contribution in [0.2, 0.25) is 0 Å². The third kappa shape index (κ3) is 2.55. The molecule has 0 unspecified atom stereocenters. The molecule has 0 radical (unpaired) electrons. The Morgan fingerprint density at radius 1 is 1.38 bits per heavy atom. The standard InChI is InChI=1S/C15H16N4O2/c16-9-12-14(18-13-3-1-2-8-19(12)13)17-11-6-4-10(5-7-11)15(20)21/h1-3,8,10-11,17H,4-7H2,(H,20,21). The number of aromatic nitrogens is 2. The number of anilines is 1. The molecule has 0 saturated heterocycles. The molecule has 0 aliphatic heterocycles. The number of hydrogen-bond donors (Lipinski definition) is 2. The topological polar surface area (TPSA) is 90.4 Å². The summed E-state index contributed by atoms with van der Waals surface area (Å²) < 4.78 is 1.76. The fourth-order valence-electron chi connectivity index (χ4n) is 2.88. The fraction of sp³-hybridized carbons (Fsp3) is 0.400. The van der Waals surface area contributed by atoms with Crippen molar-refractivity contribution in [2.75, 3.05) is 5.32 Å². The molecule has 1 fully saturated rings. The first-order valence-electron chi connectivity index (χ1n) is 7.05. The van der Waals surface area contributed by atoms with E-state index in [-0.39, 0.29) is 12.0 Å². The molecule has 3 rings (SSSR count). The molecule has 2 N–H and O–H groups in total. The minimum absolute atomic E-state index is 0.178. The summed E-state index contributed by atoms with van der Waals surface area (Å²) in [6.45, 7) is 0. The number of fused-ring (bicyclic) bond motifs is 1. The van der Waals surface area contributed by atoms with E-state index in [2.05, 4.69) is 16.4 Å². The maximum absolute atomic E-state index is 11.0. The van der Waals surface area contributed by atoms with E-state index in [0.29, 0.717) is 24.4 Å². The molecule has 2 aromatic rings. The van der Waals surface area contributed by atoms with Gasteiger partial charge in [0, 0.05) is 12.2 Å². The van der Waals surface area contributed by atoms with Crippen LogP contribution in [0, 0.1) is 17.2 Å². The number of imidazole rings is 1. The average molecular weight is 284 g/mol. The normalized spacial score (nSPS) is 21.9. The highest BCUT2D eigenvalue weighted by molar-refractivity contribution is 5.70.